The predicted molar refractivity (Wildman–Crippen MR) is 118 cm³/mol. The molecule has 4 aromatic rings. The number of hydrogen-bond acceptors (Lipinski definition) is 3. The Morgan fingerprint density at radius 2 is 1.87 bits per heavy atom. The largest absolute Gasteiger partial charge is 0.332 e. The zero-order valence-corrected chi connectivity index (χ0v) is 17.2. The molecule has 1 unspecified atom stereocenters. The Bertz CT molecular complexity index is 1220. The van der Waals surface area contributed by atoms with E-state index in [0.29, 0.717) is 5.56 Å². The van der Waals surface area contributed by atoms with Crippen LogP contribution in [0, 0.1) is 13.8 Å². The molecule has 0 bridgehead atoms. The molecule has 1 atom stereocenters. The minimum atomic E-state index is 0.0397. The topological polar surface area (TPSA) is 51.0 Å². The molecule has 0 aliphatic carbocycles. The van der Waals surface area contributed by atoms with Crippen molar-refractivity contribution in [2.75, 3.05) is 6.54 Å². The van der Waals surface area contributed by atoms with Gasteiger partial charge in [-0.05, 0) is 61.2 Å². The van der Waals surface area contributed by atoms with E-state index in [9.17, 15) is 4.79 Å². The Kier molecular flexibility index (Phi) is 4.58. The molecule has 1 amide bonds. The second-order valence-electron chi connectivity index (χ2n) is 7.97. The fourth-order valence-electron chi connectivity index (χ4n) is 4.54. The van der Waals surface area contributed by atoms with E-state index in [1.54, 1.807) is 10.9 Å². The third-order valence-corrected chi connectivity index (χ3v) is 5.92. The molecule has 30 heavy (non-hydrogen) atoms. The van der Waals surface area contributed by atoms with E-state index in [2.05, 4.69) is 52.5 Å². The maximum absolute atomic E-state index is 13.3. The Balaban J connectivity index is 1.45. The number of pyridine rings is 1. The number of nitrogens with zero attached hydrogens (tertiary/aromatic N) is 4. The zero-order valence-electron chi connectivity index (χ0n) is 17.2. The normalized spacial score (nSPS) is 16.3. The number of aryl methyl sites for hydroxylation is 2. The first kappa shape index (κ1) is 18.6. The number of carbonyl (C=O) groups is 1. The Hall–Kier alpha value is -3.47. The van der Waals surface area contributed by atoms with Gasteiger partial charge < -0.3 is 4.90 Å². The molecule has 0 saturated carbocycles. The van der Waals surface area contributed by atoms with Gasteiger partial charge in [0.05, 0.1) is 17.3 Å². The number of amides is 1. The van der Waals surface area contributed by atoms with Crippen LogP contribution in [0.5, 0.6) is 0 Å². The number of likely N-dealkylation sites (tertiary alicyclic amines) is 1. The highest BCUT2D eigenvalue weighted by atomic mass is 16.2. The highest BCUT2D eigenvalue weighted by Crippen LogP contribution is 2.36. The standard InChI is InChI=1S/C25H24N4O/c1-17-15-18(2)29(27-17)24-13-12-20(16-26-24)25(30)28-14-6-11-23(28)22-10-5-8-19-7-3-4-9-21(19)22/h3-5,7-10,12-13,15-16,23H,6,11,14H2,1-2H3. The first-order chi connectivity index (χ1) is 14.6. The van der Waals surface area contributed by atoms with E-state index in [0.717, 1.165) is 36.6 Å². The molecule has 2 aromatic carbocycles. The second kappa shape index (κ2) is 7.41. The van der Waals surface area contributed by atoms with Gasteiger partial charge in [-0.1, -0.05) is 42.5 Å². The molecule has 5 heteroatoms. The van der Waals surface area contributed by atoms with Gasteiger partial charge in [0.1, 0.15) is 0 Å². The highest BCUT2D eigenvalue weighted by molar-refractivity contribution is 5.95. The number of carbonyl (C=O) groups excluding carboxylic acids is 1. The van der Waals surface area contributed by atoms with Crippen LogP contribution in [0.4, 0.5) is 0 Å². The minimum Gasteiger partial charge on any atom is -0.332 e. The third kappa shape index (κ3) is 3.16. The quantitative estimate of drug-likeness (QED) is 0.489. The smallest absolute Gasteiger partial charge is 0.255 e. The third-order valence-electron chi connectivity index (χ3n) is 5.92. The lowest BCUT2D eigenvalue weighted by Gasteiger charge is -2.26. The van der Waals surface area contributed by atoms with Crippen LogP contribution in [-0.4, -0.2) is 32.1 Å². The van der Waals surface area contributed by atoms with E-state index < -0.39 is 0 Å². The maximum Gasteiger partial charge on any atom is 0.255 e. The van der Waals surface area contributed by atoms with Crippen LogP contribution < -0.4 is 0 Å². The molecule has 3 heterocycles. The molecule has 2 aromatic heterocycles. The van der Waals surface area contributed by atoms with Gasteiger partial charge in [-0.15, -0.1) is 0 Å². The second-order valence-corrected chi connectivity index (χ2v) is 7.97. The van der Waals surface area contributed by atoms with E-state index in [1.165, 1.54) is 16.3 Å². The maximum atomic E-state index is 13.3. The lowest BCUT2D eigenvalue weighted by Crippen LogP contribution is -2.30. The number of hydrogen-bond donors (Lipinski definition) is 0. The lowest BCUT2D eigenvalue weighted by atomic mass is 9.97. The summed E-state index contributed by atoms with van der Waals surface area (Å²) in [5, 5.41) is 6.91. The van der Waals surface area contributed by atoms with Gasteiger partial charge in [0.25, 0.3) is 5.91 Å². The van der Waals surface area contributed by atoms with Crippen LogP contribution in [0.15, 0.2) is 66.9 Å². The molecule has 5 nitrogen and oxygen atoms in total. The predicted octanol–water partition coefficient (Wildman–Crippen LogP) is 5.01. The average molecular weight is 396 g/mol. The molecule has 150 valence electrons. The summed E-state index contributed by atoms with van der Waals surface area (Å²) >= 11 is 0. The molecule has 1 saturated heterocycles. The molecule has 5 rings (SSSR count). The van der Waals surface area contributed by atoms with Crippen molar-refractivity contribution in [2.45, 2.75) is 32.7 Å². The summed E-state index contributed by atoms with van der Waals surface area (Å²) in [6.45, 7) is 4.73. The van der Waals surface area contributed by atoms with Crippen LogP contribution in [-0.2, 0) is 0 Å². The van der Waals surface area contributed by atoms with Crippen molar-refractivity contribution in [2.24, 2.45) is 0 Å². The summed E-state index contributed by atoms with van der Waals surface area (Å²) < 4.78 is 1.80. The van der Waals surface area contributed by atoms with Crippen molar-refractivity contribution in [3.8, 4) is 5.82 Å². The van der Waals surface area contributed by atoms with Crippen molar-refractivity contribution in [3.63, 3.8) is 0 Å². The van der Waals surface area contributed by atoms with Gasteiger partial charge >= 0.3 is 0 Å². The van der Waals surface area contributed by atoms with Gasteiger partial charge in [0, 0.05) is 18.4 Å². The van der Waals surface area contributed by atoms with Crippen LogP contribution in [0.3, 0.4) is 0 Å². The summed E-state index contributed by atoms with van der Waals surface area (Å²) in [5.74, 6) is 0.766. The molecule has 1 fully saturated rings. The summed E-state index contributed by atoms with van der Waals surface area (Å²) in [7, 11) is 0. The fraction of sp³-hybridized carbons (Fsp3) is 0.240. The minimum absolute atomic E-state index is 0.0397. The Morgan fingerprint density at radius 1 is 1.03 bits per heavy atom. The Morgan fingerprint density at radius 3 is 2.63 bits per heavy atom. The van der Waals surface area contributed by atoms with Crippen LogP contribution in [0.25, 0.3) is 16.6 Å². The SMILES string of the molecule is Cc1cc(C)n(-c2ccc(C(=O)N3CCCC3c3cccc4ccccc34)cn2)n1. The van der Waals surface area contributed by atoms with Crippen molar-refractivity contribution in [1.82, 2.24) is 19.7 Å². The van der Waals surface area contributed by atoms with Gasteiger partial charge in [0.15, 0.2) is 5.82 Å². The zero-order chi connectivity index (χ0) is 20.7. The van der Waals surface area contributed by atoms with E-state index in [1.807, 2.05) is 36.9 Å². The van der Waals surface area contributed by atoms with E-state index in [4.69, 9.17) is 0 Å². The monoisotopic (exact) mass is 396 g/mol. The molecule has 0 radical (unpaired) electrons. The van der Waals surface area contributed by atoms with Crippen LogP contribution in [0.2, 0.25) is 0 Å². The summed E-state index contributed by atoms with van der Waals surface area (Å²) in [6, 6.07) is 20.6. The van der Waals surface area contributed by atoms with Crippen molar-refractivity contribution in [1.29, 1.82) is 0 Å². The first-order valence-corrected chi connectivity index (χ1v) is 10.4. The molecule has 0 N–H and O–H groups in total. The van der Waals surface area contributed by atoms with E-state index >= 15 is 0 Å². The van der Waals surface area contributed by atoms with Crippen molar-refractivity contribution >= 4 is 16.7 Å². The average Bonchev–Trinajstić information content (AvgIpc) is 3.39. The number of fused-ring (bicyclic) bond motifs is 1. The van der Waals surface area contributed by atoms with Crippen LogP contribution in [0.1, 0.15) is 46.2 Å². The van der Waals surface area contributed by atoms with Gasteiger partial charge in [-0.3, -0.25) is 4.79 Å². The van der Waals surface area contributed by atoms with Crippen LogP contribution >= 0.6 is 0 Å². The number of aromatic nitrogens is 3. The number of benzene rings is 2. The van der Waals surface area contributed by atoms with Gasteiger partial charge in [-0.25, -0.2) is 9.67 Å². The summed E-state index contributed by atoms with van der Waals surface area (Å²) in [6.07, 6.45) is 3.67. The summed E-state index contributed by atoms with van der Waals surface area (Å²) in [4.78, 5) is 19.9. The van der Waals surface area contributed by atoms with Crippen molar-refractivity contribution < 1.29 is 4.79 Å². The molecule has 0 spiro atoms. The molecule has 1 aliphatic heterocycles. The molecular formula is C25H24N4O. The highest BCUT2D eigenvalue weighted by Gasteiger charge is 2.31. The van der Waals surface area contributed by atoms with Gasteiger partial charge in [-0.2, -0.15) is 5.10 Å². The van der Waals surface area contributed by atoms with Crippen molar-refractivity contribution in [3.05, 3.63) is 89.4 Å². The van der Waals surface area contributed by atoms with E-state index in [-0.39, 0.29) is 11.9 Å². The molecular weight excluding hydrogens is 372 g/mol. The van der Waals surface area contributed by atoms with Gasteiger partial charge in [0.2, 0.25) is 0 Å². The summed E-state index contributed by atoms with van der Waals surface area (Å²) in [5.41, 5.74) is 3.82. The first-order valence-electron chi connectivity index (χ1n) is 10.4. The fourth-order valence-corrected chi connectivity index (χ4v) is 4.54. The molecule has 1 aliphatic rings. The lowest BCUT2D eigenvalue weighted by molar-refractivity contribution is 0.0736. The number of rotatable bonds is 3. The Labute approximate surface area is 176 Å².